The molecule has 0 spiro atoms. The van der Waals surface area contributed by atoms with Crippen molar-refractivity contribution in [3.8, 4) is 5.75 Å². The van der Waals surface area contributed by atoms with E-state index >= 15 is 0 Å². The van der Waals surface area contributed by atoms with Crippen LogP contribution in [0.2, 0.25) is 0 Å². The van der Waals surface area contributed by atoms with Crippen molar-refractivity contribution in [2.24, 2.45) is 0 Å². The molecule has 1 aromatic heterocycles. The number of rotatable bonds is 4. The monoisotopic (exact) mass is 230 g/mol. The molecule has 3 N–H and O–H groups in total. The Morgan fingerprint density at radius 1 is 1.35 bits per heavy atom. The number of ether oxygens (including phenoxy) is 1. The Morgan fingerprint density at radius 3 is 2.94 bits per heavy atom. The fourth-order valence-electron chi connectivity index (χ4n) is 1.48. The second-order valence-corrected chi connectivity index (χ2v) is 3.48. The van der Waals surface area contributed by atoms with Crippen LogP contribution in [0.25, 0.3) is 0 Å². The number of methoxy groups -OCH3 is 1. The van der Waals surface area contributed by atoms with Crippen molar-refractivity contribution in [3.05, 3.63) is 42.5 Å². The molecule has 0 atom stereocenters. The number of nitrogen functional groups attached to an aromatic ring is 1. The van der Waals surface area contributed by atoms with Crippen molar-refractivity contribution in [1.82, 2.24) is 9.97 Å². The van der Waals surface area contributed by atoms with Gasteiger partial charge >= 0.3 is 0 Å². The fourth-order valence-corrected chi connectivity index (χ4v) is 1.48. The van der Waals surface area contributed by atoms with Gasteiger partial charge in [-0.2, -0.15) is 0 Å². The predicted molar refractivity (Wildman–Crippen MR) is 66.8 cm³/mol. The lowest BCUT2D eigenvalue weighted by Crippen LogP contribution is -2.04. The van der Waals surface area contributed by atoms with E-state index in [1.807, 2.05) is 24.3 Å². The molecule has 1 aromatic carbocycles. The van der Waals surface area contributed by atoms with Gasteiger partial charge in [-0.3, -0.25) is 0 Å². The molecule has 0 fully saturated rings. The average molecular weight is 230 g/mol. The van der Waals surface area contributed by atoms with Gasteiger partial charge in [-0.1, -0.05) is 6.07 Å². The molecule has 0 amide bonds. The lowest BCUT2D eigenvalue weighted by Gasteiger charge is -2.11. The van der Waals surface area contributed by atoms with Crippen molar-refractivity contribution in [1.29, 1.82) is 0 Å². The van der Waals surface area contributed by atoms with Gasteiger partial charge in [0.1, 0.15) is 12.1 Å². The Labute approximate surface area is 99.7 Å². The van der Waals surface area contributed by atoms with Crippen molar-refractivity contribution in [3.63, 3.8) is 0 Å². The van der Waals surface area contributed by atoms with Gasteiger partial charge in [0.25, 0.3) is 0 Å². The summed E-state index contributed by atoms with van der Waals surface area (Å²) in [7, 11) is 1.60. The maximum atomic E-state index is 5.94. The summed E-state index contributed by atoms with van der Waals surface area (Å²) in [5.41, 5.74) is 8.28. The topological polar surface area (TPSA) is 73.1 Å². The van der Waals surface area contributed by atoms with Gasteiger partial charge in [0, 0.05) is 6.20 Å². The number of para-hydroxylation sites is 1. The zero-order chi connectivity index (χ0) is 12.1. The van der Waals surface area contributed by atoms with E-state index in [4.69, 9.17) is 10.5 Å². The number of benzene rings is 1. The number of hydrogen-bond donors (Lipinski definition) is 2. The van der Waals surface area contributed by atoms with Crippen LogP contribution in [-0.4, -0.2) is 17.1 Å². The van der Waals surface area contributed by atoms with Crippen LogP contribution >= 0.6 is 0 Å². The molecule has 17 heavy (non-hydrogen) atoms. The third kappa shape index (κ3) is 2.63. The number of aromatic nitrogens is 2. The molecular formula is C12H14N4O. The summed E-state index contributed by atoms with van der Waals surface area (Å²) < 4.78 is 5.15. The molecule has 0 radical (unpaired) electrons. The Morgan fingerprint density at radius 2 is 2.24 bits per heavy atom. The van der Waals surface area contributed by atoms with Crippen molar-refractivity contribution in [2.75, 3.05) is 18.2 Å². The lowest BCUT2D eigenvalue weighted by molar-refractivity contribution is 0.417. The molecule has 88 valence electrons. The minimum atomic E-state index is 0.597. The van der Waals surface area contributed by atoms with Crippen LogP contribution in [-0.2, 0) is 6.54 Å². The molecule has 0 unspecified atom stereocenters. The molecule has 0 aliphatic carbocycles. The molecule has 2 aromatic rings. The molecule has 2 rings (SSSR count). The first kappa shape index (κ1) is 11.2. The zero-order valence-corrected chi connectivity index (χ0v) is 9.55. The normalized spacial score (nSPS) is 9.94. The lowest BCUT2D eigenvalue weighted by atomic mass is 10.2. The Hall–Kier alpha value is -2.30. The summed E-state index contributed by atoms with van der Waals surface area (Å²) in [6, 6.07) is 7.46. The highest BCUT2D eigenvalue weighted by Gasteiger charge is 2.04. The van der Waals surface area contributed by atoms with Crippen molar-refractivity contribution >= 4 is 11.4 Å². The smallest absolute Gasteiger partial charge is 0.143 e. The molecule has 5 heteroatoms. The zero-order valence-electron chi connectivity index (χ0n) is 9.55. The van der Waals surface area contributed by atoms with E-state index in [-0.39, 0.29) is 0 Å². The molecule has 0 aliphatic heterocycles. The van der Waals surface area contributed by atoms with E-state index in [9.17, 15) is 0 Å². The third-order valence-corrected chi connectivity index (χ3v) is 2.39. The van der Waals surface area contributed by atoms with Crippen molar-refractivity contribution in [2.45, 2.75) is 6.54 Å². The second-order valence-electron chi connectivity index (χ2n) is 3.48. The average Bonchev–Trinajstić information content (AvgIpc) is 2.39. The number of anilines is 2. The maximum Gasteiger partial charge on any atom is 0.143 e. The maximum absolute atomic E-state index is 5.94. The SMILES string of the molecule is COc1cccc(NCc2ccncn2)c1N. The molecule has 0 aliphatic rings. The summed E-state index contributed by atoms with van der Waals surface area (Å²) in [4.78, 5) is 7.98. The summed E-state index contributed by atoms with van der Waals surface area (Å²) in [5, 5.41) is 3.21. The quantitative estimate of drug-likeness (QED) is 0.782. The van der Waals surface area contributed by atoms with E-state index < -0.39 is 0 Å². The first-order chi connectivity index (χ1) is 8.31. The van der Waals surface area contributed by atoms with Gasteiger partial charge in [0.05, 0.1) is 30.7 Å². The van der Waals surface area contributed by atoms with Crippen molar-refractivity contribution < 1.29 is 4.74 Å². The number of nitrogens with two attached hydrogens (primary N) is 1. The Balaban J connectivity index is 2.09. The summed E-state index contributed by atoms with van der Waals surface area (Å²) in [6.45, 7) is 0.597. The number of hydrogen-bond acceptors (Lipinski definition) is 5. The highest BCUT2D eigenvalue weighted by molar-refractivity contribution is 5.72. The Bertz CT molecular complexity index is 487. The number of nitrogens with zero attached hydrogens (tertiary/aromatic N) is 2. The van der Waals surface area contributed by atoms with Crippen LogP contribution in [0, 0.1) is 0 Å². The minimum absolute atomic E-state index is 0.597. The van der Waals surface area contributed by atoms with Crippen LogP contribution in [0.4, 0.5) is 11.4 Å². The van der Waals surface area contributed by atoms with Crippen LogP contribution in [0.5, 0.6) is 5.75 Å². The van der Waals surface area contributed by atoms with Crippen LogP contribution in [0.3, 0.4) is 0 Å². The van der Waals surface area contributed by atoms with Gasteiger partial charge in [-0.25, -0.2) is 9.97 Å². The molecule has 5 nitrogen and oxygen atoms in total. The van der Waals surface area contributed by atoms with E-state index in [2.05, 4.69) is 15.3 Å². The molecule has 0 saturated carbocycles. The fraction of sp³-hybridized carbons (Fsp3) is 0.167. The highest BCUT2D eigenvalue weighted by Crippen LogP contribution is 2.28. The van der Waals surface area contributed by atoms with Crippen LogP contribution < -0.4 is 15.8 Å². The highest BCUT2D eigenvalue weighted by atomic mass is 16.5. The van der Waals surface area contributed by atoms with Gasteiger partial charge < -0.3 is 15.8 Å². The van der Waals surface area contributed by atoms with E-state index in [1.54, 1.807) is 13.3 Å². The van der Waals surface area contributed by atoms with E-state index in [1.165, 1.54) is 6.33 Å². The van der Waals surface area contributed by atoms with E-state index in [0.29, 0.717) is 18.0 Å². The molecule has 0 bridgehead atoms. The molecule has 1 heterocycles. The van der Waals surface area contributed by atoms with Gasteiger partial charge in [0.2, 0.25) is 0 Å². The second kappa shape index (κ2) is 5.16. The molecular weight excluding hydrogens is 216 g/mol. The minimum Gasteiger partial charge on any atom is -0.495 e. The van der Waals surface area contributed by atoms with Gasteiger partial charge in [-0.15, -0.1) is 0 Å². The van der Waals surface area contributed by atoms with Crippen LogP contribution in [0.15, 0.2) is 36.8 Å². The summed E-state index contributed by atoms with van der Waals surface area (Å²) >= 11 is 0. The Kier molecular flexibility index (Phi) is 3.40. The van der Waals surface area contributed by atoms with E-state index in [0.717, 1.165) is 11.4 Å². The van der Waals surface area contributed by atoms with Gasteiger partial charge in [0.15, 0.2) is 0 Å². The standard InChI is InChI=1S/C12H14N4O/c1-17-11-4-2-3-10(12(11)13)15-7-9-5-6-14-8-16-9/h2-6,8,15H,7,13H2,1H3. The summed E-state index contributed by atoms with van der Waals surface area (Å²) in [5.74, 6) is 0.665. The predicted octanol–water partition coefficient (Wildman–Crippen LogP) is 1.68. The summed E-state index contributed by atoms with van der Waals surface area (Å²) in [6.07, 6.45) is 3.23. The van der Waals surface area contributed by atoms with Gasteiger partial charge in [-0.05, 0) is 18.2 Å². The number of nitrogens with one attached hydrogen (secondary N) is 1. The molecule has 0 saturated heterocycles. The largest absolute Gasteiger partial charge is 0.495 e. The first-order valence-electron chi connectivity index (χ1n) is 5.22. The third-order valence-electron chi connectivity index (χ3n) is 2.39. The van der Waals surface area contributed by atoms with Crippen LogP contribution in [0.1, 0.15) is 5.69 Å². The first-order valence-corrected chi connectivity index (χ1v) is 5.22.